The Kier molecular flexibility index (Phi) is 14.0. The fourth-order valence-corrected chi connectivity index (χ4v) is 8.61. The fourth-order valence-electron chi connectivity index (χ4n) is 2.87. The van der Waals surface area contributed by atoms with E-state index in [1.54, 1.807) is 24.6 Å². The van der Waals surface area contributed by atoms with Gasteiger partial charge < -0.3 is 5.11 Å². The molecule has 0 aliphatic carbocycles. The molecule has 0 aromatic heterocycles. The van der Waals surface area contributed by atoms with Crippen molar-refractivity contribution >= 4 is 13.2 Å². The van der Waals surface area contributed by atoms with Crippen molar-refractivity contribution < 1.29 is 9.90 Å². The number of hydrogen-bond donors (Lipinski definition) is 1. The Morgan fingerprint density at radius 2 is 1.00 bits per heavy atom. The molecule has 3 heteroatoms. The molecule has 0 radical (unpaired) electrons. The third-order valence-corrected chi connectivity index (χ3v) is 9.36. The van der Waals surface area contributed by atoms with E-state index in [0.717, 1.165) is 6.92 Å². The summed E-state index contributed by atoms with van der Waals surface area (Å²) in [5.74, 6) is -0.833. The molecular weight excluding hydrogens is 231 g/mol. The molecule has 0 amide bonds. The Bertz CT molecular complexity index is 148. The zero-order chi connectivity index (χ0) is 13.7. The van der Waals surface area contributed by atoms with E-state index in [0.29, 0.717) is 0 Å². The first kappa shape index (κ1) is 19.2. The molecule has 0 spiro atoms. The molecule has 0 saturated carbocycles. The van der Waals surface area contributed by atoms with Gasteiger partial charge in [-0.05, 0) is 0 Å². The zero-order valence-electron chi connectivity index (χ0n) is 12.5. The van der Waals surface area contributed by atoms with Crippen LogP contribution in [0, 0.1) is 0 Å². The summed E-state index contributed by atoms with van der Waals surface area (Å²) in [4.78, 5) is 9.00. The topological polar surface area (TPSA) is 37.3 Å². The van der Waals surface area contributed by atoms with Gasteiger partial charge in [-0.3, -0.25) is 4.79 Å². The third kappa shape index (κ3) is 12.2. The van der Waals surface area contributed by atoms with Gasteiger partial charge in [0.15, 0.2) is 0 Å². The van der Waals surface area contributed by atoms with Crippen molar-refractivity contribution in [1.82, 2.24) is 0 Å². The molecule has 0 bridgehead atoms. The first-order valence-corrected chi connectivity index (χ1v) is 10.00. The van der Waals surface area contributed by atoms with Gasteiger partial charge in [-0.1, -0.05) is 0 Å². The van der Waals surface area contributed by atoms with Crippen LogP contribution in [0.3, 0.4) is 0 Å². The van der Waals surface area contributed by atoms with Crippen LogP contribution in [-0.2, 0) is 4.79 Å². The maximum absolute atomic E-state index is 9.00. The summed E-state index contributed by atoms with van der Waals surface area (Å²) in [5, 5.41) is 7.42. The number of hydrogen-bond acceptors (Lipinski definition) is 1. The molecule has 0 fully saturated rings. The zero-order valence-corrected chi connectivity index (χ0v) is 13.5. The minimum atomic E-state index is -0.833. The second-order valence-electron chi connectivity index (χ2n) is 5.02. The standard InChI is InChI=1S/C12H29P.C2H4O2/c1-5-9-13(10-6-2,11-7-3)12-8-4;1-2(3)4/h13H,5-12H2,1-4H3;1H3,(H,3,4). The SMILES string of the molecule is CC(=O)O.CCC[PH](CCC)(CCC)CCC. The normalized spacial score (nSPS) is 11.6. The van der Waals surface area contributed by atoms with Crippen molar-refractivity contribution in [2.24, 2.45) is 0 Å². The summed E-state index contributed by atoms with van der Waals surface area (Å²) in [6, 6.07) is 0. The number of carboxylic acid groups (broad SMARTS) is 1. The molecule has 106 valence electrons. The van der Waals surface area contributed by atoms with E-state index < -0.39 is 13.2 Å². The summed E-state index contributed by atoms with van der Waals surface area (Å²) >= 11 is 0. The summed E-state index contributed by atoms with van der Waals surface area (Å²) in [6.07, 6.45) is 12.0. The molecule has 0 atom stereocenters. The van der Waals surface area contributed by atoms with Crippen molar-refractivity contribution in [2.75, 3.05) is 24.6 Å². The van der Waals surface area contributed by atoms with E-state index in [9.17, 15) is 0 Å². The van der Waals surface area contributed by atoms with E-state index in [1.807, 2.05) is 0 Å². The summed E-state index contributed by atoms with van der Waals surface area (Å²) in [7, 11) is -0.796. The monoisotopic (exact) mass is 264 g/mol. The van der Waals surface area contributed by atoms with Crippen LogP contribution in [0.15, 0.2) is 0 Å². The van der Waals surface area contributed by atoms with E-state index in [4.69, 9.17) is 9.90 Å². The second-order valence-corrected chi connectivity index (χ2v) is 10.0. The van der Waals surface area contributed by atoms with Gasteiger partial charge in [0.05, 0.1) is 0 Å². The average molecular weight is 264 g/mol. The van der Waals surface area contributed by atoms with Crippen LogP contribution in [0.4, 0.5) is 0 Å². The molecule has 2 nitrogen and oxygen atoms in total. The molecule has 0 aromatic carbocycles. The summed E-state index contributed by atoms with van der Waals surface area (Å²) < 4.78 is 0. The van der Waals surface area contributed by atoms with Crippen LogP contribution in [0.1, 0.15) is 60.3 Å². The van der Waals surface area contributed by atoms with Crippen LogP contribution < -0.4 is 0 Å². The Morgan fingerprint density at radius 3 is 1.12 bits per heavy atom. The minimum absolute atomic E-state index is 0.796. The summed E-state index contributed by atoms with van der Waals surface area (Å²) in [5.41, 5.74) is 0. The molecule has 1 N–H and O–H groups in total. The van der Waals surface area contributed by atoms with Crippen molar-refractivity contribution in [3.05, 3.63) is 0 Å². The average Bonchev–Trinajstić information content (AvgIpc) is 2.18. The molecule has 0 rings (SSSR count). The van der Waals surface area contributed by atoms with Crippen LogP contribution in [0.5, 0.6) is 0 Å². The Hall–Kier alpha value is -0.100. The van der Waals surface area contributed by atoms with E-state index in [1.165, 1.54) is 25.7 Å². The molecule has 0 aliphatic rings. The van der Waals surface area contributed by atoms with Crippen molar-refractivity contribution in [2.45, 2.75) is 60.3 Å². The first-order valence-electron chi connectivity index (χ1n) is 7.17. The Labute approximate surface area is 109 Å². The third-order valence-electron chi connectivity index (χ3n) is 3.12. The van der Waals surface area contributed by atoms with Gasteiger partial charge in [0, 0.05) is 6.92 Å². The Balaban J connectivity index is 0. The van der Waals surface area contributed by atoms with Crippen LogP contribution in [-0.4, -0.2) is 35.7 Å². The molecule has 0 heterocycles. The van der Waals surface area contributed by atoms with E-state index in [-0.39, 0.29) is 0 Å². The second kappa shape index (κ2) is 12.4. The number of carbonyl (C=O) groups is 1. The molecule has 0 saturated heterocycles. The van der Waals surface area contributed by atoms with E-state index >= 15 is 0 Å². The van der Waals surface area contributed by atoms with Gasteiger partial charge in [-0.25, -0.2) is 0 Å². The van der Waals surface area contributed by atoms with Gasteiger partial charge >= 0.3 is 85.3 Å². The quantitative estimate of drug-likeness (QED) is 0.657. The van der Waals surface area contributed by atoms with Gasteiger partial charge in [-0.2, -0.15) is 0 Å². The van der Waals surface area contributed by atoms with Crippen LogP contribution >= 0.6 is 7.26 Å². The maximum atomic E-state index is 9.00. The number of aliphatic carboxylic acids is 1. The van der Waals surface area contributed by atoms with Crippen molar-refractivity contribution in [3.8, 4) is 0 Å². The Morgan fingerprint density at radius 1 is 0.824 bits per heavy atom. The molecule has 0 unspecified atom stereocenters. The van der Waals surface area contributed by atoms with Crippen LogP contribution in [0.2, 0.25) is 0 Å². The summed E-state index contributed by atoms with van der Waals surface area (Å²) in [6.45, 7) is 10.5. The number of rotatable bonds is 8. The van der Waals surface area contributed by atoms with Crippen LogP contribution in [0.25, 0.3) is 0 Å². The first-order chi connectivity index (χ1) is 7.97. The van der Waals surface area contributed by atoms with Gasteiger partial charge in [-0.15, -0.1) is 0 Å². The van der Waals surface area contributed by atoms with E-state index in [2.05, 4.69) is 27.7 Å². The van der Waals surface area contributed by atoms with Crippen molar-refractivity contribution in [1.29, 1.82) is 0 Å². The predicted molar refractivity (Wildman–Crippen MR) is 82.3 cm³/mol. The molecular formula is C14H33O2P. The van der Waals surface area contributed by atoms with Gasteiger partial charge in [0.2, 0.25) is 0 Å². The molecule has 0 aliphatic heterocycles. The fraction of sp³-hybridized carbons (Fsp3) is 0.929. The van der Waals surface area contributed by atoms with Gasteiger partial charge in [0.1, 0.15) is 0 Å². The van der Waals surface area contributed by atoms with Crippen molar-refractivity contribution in [3.63, 3.8) is 0 Å². The number of carboxylic acids is 1. The van der Waals surface area contributed by atoms with Gasteiger partial charge in [0.25, 0.3) is 5.97 Å². The predicted octanol–water partition coefficient (Wildman–Crippen LogP) is 4.47. The molecule has 0 aromatic rings. The molecule has 17 heavy (non-hydrogen) atoms.